The van der Waals surface area contributed by atoms with Gasteiger partial charge < -0.3 is 19.8 Å². The molecule has 37 heavy (non-hydrogen) atoms. The van der Waals surface area contributed by atoms with Crippen LogP contribution in [0.15, 0.2) is 68.8 Å². The van der Waals surface area contributed by atoms with Gasteiger partial charge in [-0.2, -0.15) is 5.10 Å². The molecule has 11 nitrogen and oxygen atoms in total. The zero-order chi connectivity index (χ0) is 27.8. The minimum absolute atomic E-state index is 0.0416. The molecule has 3 N–H and O–H groups in total. The third-order valence-electron chi connectivity index (χ3n) is 3.67. The van der Waals surface area contributed by atoms with E-state index in [1.165, 1.54) is 18.2 Å². The summed E-state index contributed by atoms with van der Waals surface area (Å²) in [6, 6.07) is 7.11. The first kappa shape index (κ1) is 30.9. The standard InChI is InChI=1S/C11H11ClFN3O3.C11H10ClFN2O3/c1-2-19-11(17)10(6-14-18)16-15-9-4-3-7(13)5-8(9)12;1-2-18-11(17)10(6-16)15-14-9-4-3-7(13)5-8(9)12/h3-6,15,18H,2H2,1H3;3-6,16H,2H2,1H3/b14-6+,16-10+;. The predicted octanol–water partition coefficient (Wildman–Crippen LogP) is 5.80. The lowest BCUT2D eigenvalue weighted by Crippen LogP contribution is -2.20. The Balaban J connectivity index is 0.000000371. The van der Waals surface area contributed by atoms with Crippen LogP contribution in [0.2, 0.25) is 10.0 Å². The van der Waals surface area contributed by atoms with Crippen molar-refractivity contribution in [3.8, 4) is 0 Å². The van der Waals surface area contributed by atoms with E-state index < -0.39 is 23.6 Å². The third-order valence-corrected chi connectivity index (χ3v) is 4.29. The van der Waals surface area contributed by atoms with Gasteiger partial charge in [-0.3, -0.25) is 5.43 Å². The molecule has 0 spiro atoms. The Kier molecular flexibility index (Phi) is 13.8. The minimum atomic E-state index is -0.818. The number of hydrogen-bond donors (Lipinski definition) is 3. The fourth-order valence-corrected chi connectivity index (χ4v) is 2.50. The van der Waals surface area contributed by atoms with Crippen molar-refractivity contribution in [3.05, 3.63) is 70.0 Å². The highest BCUT2D eigenvalue weighted by atomic mass is 35.5. The molecule has 0 saturated carbocycles. The van der Waals surface area contributed by atoms with Gasteiger partial charge in [-0.25, -0.2) is 18.4 Å². The number of halogens is 4. The summed E-state index contributed by atoms with van der Waals surface area (Å²) >= 11 is 11.5. The second-order valence-corrected chi connectivity index (χ2v) is 7.04. The van der Waals surface area contributed by atoms with E-state index in [-0.39, 0.29) is 46.0 Å². The van der Waals surface area contributed by atoms with E-state index in [0.717, 1.165) is 24.4 Å². The number of esters is 2. The maximum absolute atomic E-state index is 12.8. The molecule has 0 aliphatic rings. The number of azo groups is 1. The second kappa shape index (κ2) is 16.5. The van der Waals surface area contributed by atoms with Crippen LogP contribution in [-0.4, -0.2) is 47.4 Å². The number of oxime groups is 1. The number of carbonyl (C=O) groups is 2. The van der Waals surface area contributed by atoms with Gasteiger partial charge >= 0.3 is 11.9 Å². The average molecular weight is 560 g/mol. The lowest BCUT2D eigenvalue weighted by Gasteiger charge is -2.05. The van der Waals surface area contributed by atoms with Crippen LogP contribution in [0.4, 0.5) is 20.2 Å². The lowest BCUT2D eigenvalue weighted by molar-refractivity contribution is -0.138. The molecule has 0 aromatic heterocycles. The molecule has 0 atom stereocenters. The minimum Gasteiger partial charge on any atom is -0.513 e. The van der Waals surface area contributed by atoms with Gasteiger partial charge in [-0.15, -0.1) is 10.2 Å². The Morgan fingerprint density at radius 1 is 1.00 bits per heavy atom. The number of carbonyl (C=O) groups excluding carboxylic acids is 2. The number of aliphatic hydroxyl groups is 1. The van der Waals surface area contributed by atoms with Gasteiger partial charge in [0, 0.05) is 0 Å². The highest BCUT2D eigenvalue weighted by Gasteiger charge is 2.12. The Morgan fingerprint density at radius 3 is 2.14 bits per heavy atom. The molecule has 0 aliphatic carbocycles. The van der Waals surface area contributed by atoms with E-state index in [1.54, 1.807) is 13.8 Å². The summed E-state index contributed by atoms with van der Waals surface area (Å²) in [7, 11) is 0. The molecule has 0 amide bonds. The van der Waals surface area contributed by atoms with Crippen molar-refractivity contribution in [1.82, 2.24) is 0 Å². The van der Waals surface area contributed by atoms with E-state index in [9.17, 15) is 18.4 Å². The second-order valence-electron chi connectivity index (χ2n) is 6.23. The SMILES string of the molecule is CCOC(=O)C(/C=N/O)=N/Nc1ccc(F)cc1Cl.CCOC(=O)C(=CO)N=Nc1ccc(F)cc1Cl. The topological polar surface area (TPSA) is 155 Å². The van der Waals surface area contributed by atoms with E-state index in [1.807, 2.05) is 0 Å². The Labute approximate surface area is 219 Å². The summed E-state index contributed by atoms with van der Waals surface area (Å²) < 4.78 is 34.9. The molecular weight excluding hydrogens is 539 g/mol. The number of nitrogens with zero attached hydrogens (tertiary/aromatic N) is 4. The number of benzene rings is 2. The molecule has 2 aromatic carbocycles. The molecule has 198 valence electrons. The monoisotopic (exact) mass is 559 g/mol. The Bertz CT molecular complexity index is 1210. The van der Waals surface area contributed by atoms with Crippen molar-refractivity contribution in [1.29, 1.82) is 0 Å². The van der Waals surface area contributed by atoms with E-state index >= 15 is 0 Å². The molecule has 0 bridgehead atoms. The van der Waals surface area contributed by atoms with Crippen molar-refractivity contribution in [2.45, 2.75) is 13.8 Å². The molecule has 2 rings (SSSR count). The van der Waals surface area contributed by atoms with Crippen LogP contribution in [0.25, 0.3) is 0 Å². The summed E-state index contributed by atoms with van der Waals surface area (Å²) in [5, 5.41) is 30.8. The fourth-order valence-electron chi connectivity index (χ4n) is 2.08. The van der Waals surface area contributed by atoms with Gasteiger partial charge in [-0.1, -0.05) is 28.4 Å². The molecule has 0 radical (unpaired) electrons. The lowest BCUT2D eigenvalue weighted by atomic mass is 10.3. The van der Waals surface area contributed by atoms with Crippen LogP contribution in [0.5, 0.6) is 0 Å². The van der Waals surface area contributed by atoms with Gasteiger partial charge in [0.2, 0.25) is 5.70 Å². The molecular formula is C22H21Cl2F2N5O6. The van der Waals surface area contributed by atoms with Crippen molar-refractivity contribution in [2.24, 2.45) is 20.5 Å². The Hall–Kier alpha value is -4.10. The molecule has 0 unspecified atom stereocenters. The summed E-state index contributed by atoms with van der Waals surface area (Å²) in [6.45, 7) is 3.52. The van der Waals surface area contributed by atoms with Crippen LogP contribution in [0, 0.1) is 11.6 Å². The van der Waals surface area contributed by atoms with Crippen LogP contribution >= 0.6 is 23.2 Å². The van der Waals surface area contributed by atoms with Gasteiger partial charge in [0.25, 0.3) is 0 Å². The number of aliphatic hydroxyl groups excluding tert-OH is 1. The van der Waals surface area contributed by atoms with E-state index in [0.29, 0.717) is 6.26 Å². The summed E-state index contributed by atoms with van der Waals surface area (Å²) in [6.07, 6.45) is 1.28. The van der Waals surface area contributed by atoms with Gasteiger partial charge in [0.1, 0.15) is 29.8 Å². The van der Waals surface area contributed by atoms with E-state index in [2.05, 4.69) is 35.4 Å². The van der Waals surface area contributed by atoms with E-state index in [4.69, 9.17) is 33.5 Å². The molecule has 0 saturated heterocycles. The molecule has 15 heteroatoms. The first-order chi connectivity index (χ1) is 17.7. The average Bonchev–Trinajstić information content (AvgIpc) is 2.85. The highest BCUT2D eigenvalue weighted by Crippen LogP contribution is 2.26. The maximum atomic E-state index is 12.8. The van der Waals surface area contributed by atoms with Crippen molar-refractivity contribution < 1.29 is 38.2 Å². The smallest absolute Gasteiger partial charge is 0.362 e. The molecule has 0 heterocycles. The number of nitrogens with one attached hydrogen (secondary N) is 1. The maximum Gasteiger partial charge on any atom is 0.362 e. The number of rotatable bonds is 9. The van der Waals surface area contributed by atoms with Gasteiger partial charge in [0.05, 0.1) is 28.9 Å². The zero-order valence-electron chi connectivity index (χ0n) is 19.4. The third kappa shape index (κ3) is 11.0. The normalized spacial score (nSPS) is 11.7. The molecule has 2 aromatic rings. The first-order valence-corrected chi connectivity index (χ1v) is 10.9. The molecule has 0 aliphatic heterocycles. The van der Waals surface area contributed by atoms with Crippen molar-refractivity contribution >= 4 is 58.4 Å². The van der Waals surface area contributed by atoms with Crippen LogP contribution < -0.4 is 5.43 Å². The van der Waals surface area contributed by atoms with Crippen LogP contribution in [0.3, 0.4) is 0 Å². The predicted molar refractivity (Wildman–Crippen MR) is 133 cm³/mol. The number of ether oxygens (including phenoxy) is 2. The van der Waals surface area contributed by atoms with Crippen LogP contribution in [0.1, 0.15) is 13.8 Å². The number of hydrazone groups is 1. The van der Waals surface area contributed by atoms with Crippen molar-refractivity contribution in [2.75, 3.05) is 18.6 Å². The highest BCUT2D eigenvalue weighted by molar-refractivity contribution is 6.59. The van der Waals surface area contributed by atoms with Crippen molar-refractivity contribution in [3.63, 3.8) is 0 Å². The summed E-state index contributed by atoms with van der Waals surface area (Å²) in [4.78, 5) is 22.6. The van der Waals surface area contributed by atoms with Gasteiger partial charge in [-0.05, 0) is 50.2 Å². The van der Waals surface area contributed by atoms with Gasteiger partial charge in [0.15, 0.2) is 5.71 Å². The number of hydrogen-bond acceptors (Lipinski definition) is 11. The Morgan fingerprint density at radius 2 is 1.59 bits per heavy atom. The summed E-state index contributed by atoms with van der Waals surface area (Å²) in [5.41, 5.74) is 2.27. The zero-order valence-corrected chi connectivity index (χ0v) is 20.9. The molecule has 0 fully saturated rings. The summed E-state index contributed by atoms with van der Waals surface area (Å²) in [5.74, 6) is -2.60. The van der Waals surface area contributed by atoms with Crippen LogP contribution in [-0.2, 0) is 19.1 Å². The fraction of sp³-hybridized carbons (Fsp3) is 0.182. The quantitative estimate of drug-likeness (QED) is 0.0667. The number of anilines is 1. The largest absolute Gasteiger partial charge is 0.513 e. The first-order valence-electron chi connectivity index (χ1n) is 10.2.